The van der Waals surface area contributed by atoms with Gasteiger partial charge in [0.05, 0.1) is 23.1 Å². The van der Waals surface area contributed by atoms with Crippen molar-refractivity contribution in [3.8, 4) is 0 Å². The standard InChI is InChI=1S/C14H26N2O4S/c1-5-20-10-8-14(15,12(10,2)3)11(17)16-13(4)6-7-21(18,19)9-13/h10H,5-9,15H2,1-4H3,(H,16,17). The largest absolute Gasteiger partial charge is 0.378 e. The Balaban J connectivity index is 2.08. The number of hydrogen-bond donors (Lipinski definition) is 2. The number of carbonyl (C=O) groups excluding carboxylic acids is 1. The summed E-state index contributed by atoms with van der Waals surface area (Å²) in [6, 6.07) is 0. The van der Waals surface area contributed by atoms with E-state index in [0.717, 1.165) is 0 Å². The second kappa shape index (κ2) is 4.93. The zero-order valence-corrected chi connectivity index (χ0v) is 14.0. The zero-order valence-electron chi connectivity index (χ0n) is 13.2. The minimum absolute atomic E-state index is 0.0167. The first-order chi connectivity index (χ1) is 9.46. The molecule has 0 aromatic heterocycles. The normalized spacial score (nSPS) is 40.5. The van der Waals surface area contributed by atoms with Crippen LogP contribution in [0.1, 0.15) is 40.5 Å². The van der Waals surface area contributed by atoms with E-state index in [9.17, 15) is 13.2 Å². The molecule has 0 aromatic carbocycles. The molecular formula is C14H26N2O4S. The van der Waals surface area contributed by atoms with Gasteiger partial charge in [-0.1, -0.05) is 13.8 Å². The molecular weight excluding hydrogens is 292 g/mol. The van der Waals surface area contributed by atoms with E-state index in [-0.39, 0.29) is 23.5 Å². The molecule has 2 fully saturated rings. The van der Waals surface area contributed by atoms with E-state index in [1.807, 2.05) is 20.8 Å². The summed E-state index contributed by atoms with van der Waals surface area (Å²) in [5.41, 5.74) is 4.11. The lowest BCUT2D eigenvalue weighted by molar-refractivity contribution is -0.171. The maximum atomic E-state index is 12.6. The topological polar surface area (TPSA) is 98.5 Å². The third-order valence-electron chi connectivity index (χ3n) is 5.15. The van der Waals surface area contributed by atoms with Crippen molar-refractivity contribution in [2.45, 2.75) is 57.7 Å². The highest BCUT2D eigenvalue weighted by Gasteiger charge is 2.63. The van der Waals surface area contributed by atoms with Gasteiger partial charge in [0, 0.05) is 18.4 Å². The lowest BCUT2D eigenvalue weighted by Crippen LogP contribution is -2.77. The van der Waals surface area contributed by atoms with Crippen molar-refractivity contribution in [2.24, 2.45) is 11.1 Å². The highest BCUT2D eigenvalue weighted by Crippen LogP contribution is 2.50. The average Bonchev–Trinajstić information content (AvgIpc) is 2.62. The van der Waals surface area contributed by atoms with Crippen LogP contribution in [0.5, 0.6) is 0 Å². The van der Waals surface area contributed by atoms with E-state index >= 15 is 0 Å². The Bertz CT molecular complexity index is 545. The van der Waals surface area contributed by atoms with Crippen LogP contribution in [0.3, 0.4) is 0 Å². The van der Waals surface area contributed by atoms with Gasteiger partial charge < -0.3 is 15.8 Å². The van der Waals surface area contributed by atoms with Crippen molar-refractivity contribution in [1.29, 1.82) is 0 Å². The fourth-order valence-electron chi connectivity index (χ4n) is 3.32. The number of hydrogen-bond acceptors (Lipinski definition) is 5. The summed E-state index contributed by atoms with van der Waals surface area (Å²) in [5, 5.41) is 2.87. The summed E-state index contributed by atoms with van der Waals surface area (Å²) < 4.78 is 28.9. The van der Waals surface area contributed by atoms with Gasteiger partial charge in [0.25, 0.3) is 0 Å². The molecule has 0 radical (unpaired) electrons. The molecule has 1 saturated heterocycles. The van der Waals surface area contributed by atoms with Crippen LogP contribution in [0.25, 0.3) is 0 Å². The molecule has 0 aromatic rings. The van der Waals surface area contributed by atoms with Crippen LogP contribution in [0.2, 0.25) is 0 Å². The lowest BCUT2D eigenvalue weighted by Gasteiger charge is -2.58. The molecule has 3 atom stereocenters. The van der Waals surface area contributed by atoms with Gasteiger partial charge in [-0.05, 0) is 20.3 Å². The number of rotatable bonds is 4. The summed E-state index contributed by atoms with van der Waals surface area (Å²) in [6.45, 7) is 8.11. The van der Waals surface area contributed by atoms with Gasteiger partial charge in [-0.3, -0.25) is 4.79 Å². The third-order valence-corrected chi connectivity index (χ3v) is 7.06. The van der Waals surface area contributed by atoms with E-state index in [1.54, 1.807) is 6.92 Å². The summed E-state index contributed by atoms with van der Waals surface area (Å²) in [5.74, 6) is -0.174. The first kappa shape index (κ1) is 16.7. The summed E-state index contributed by atoms with van der Waals surface area (Å²) >= 11 is 0. The van der Waals surface area contributed by atoms with Gasteiger partial charge in [0.1, 0.15) is 5.54 Å². The number of nitrogens with one attached hydrogen (secondary N) is 1. The van der Waals surface area contributed by atoms with Crippen LogP contribution in [0.15, 0.2) is 0 Å². The van der Waals surface area contributed by atoms with Crippen LogP contribution in [-0.4, -0.2) is 49.6 Å². The van der Waals surface area contributed by atoms with Crippen LogP contribution < -0.4 is 11.1 Å². The Morgan fingerprint density at radius 3 is 2.43 bits per heavy atom. The van der Waals surface area contributed by atoms with Crippen LogP contribution in [-0.2, 0) is 19.4 Å². The fourth-order valence-corrected chi connectivity index (χ4v) is 5.41. The van der Waals surface area contributed by atoms with Crippen molar-refractivity contribution in [2.75, 3.05) is 18.1 Å². The molecule has 3 unspecified atom stereocenters. The Labute approximate surface area is 126 Å². The zero-order chi connectivity index (χ0) is 16.1. The molecule has 6 nitrogen and oxygen atoms in total. The van der Waals surface area contributed by atoms with Crippen molar-refractivity contribution in [3.63, 3.8) is 0 Å². The van der Waals surface area contributed by atoms with Gasteiger partial charge in [0.2, 0.25) is 5.91 Å². The SMILES string of the molecule is CCOC1CC(N)(C(=O)NC2(C)CCS(=O)(=O)C2)C1(C)C. The highest BCUT2D eigenvalue weighted by molar-refractivity contribution is 7.91. The Kier molecular flexibility index (Phi) is 3.92. The summed E-state index contributed by atoms with van der Waals surface area (Å²) in [7, 11) is -3.06. The van der Waals surface area contributed by atoms with Gasteiger partial charge in [0.15, 0.2) is 9.84 Å². The second-order valence-electron chi connectivity index (χ2n) is 7.20. The fraction of sp³-hybridized carbons (Fsp3) is 0.929. The minimum Gasteiger partial charge on any atom is -0.378 e. The molecule has 122 valence electrons. The van der Waals surface area contributed by atoms with Gasteiger partial charge in [-0.25, -0.2) is 8.42 Å². The molecule has 1 heterocycles. The molecule has 0 bridgehead atoms. The summed E-state index contributed by atoms with van der Waals surface area (Å²) in [4.78, 5) is 12.6. The highest BCUT2D eigenvalue weighted by atomic mass is 32.2. The maximum Gasteiger partial charge on any atom is 0.241 e. The van der Waals surface area contributed by atoms with Gasteiger partial charge in [-0.15, -0.1) is 0 Å². The molecule has 1 aliphatic carbocycles. The van der Waals surface area contributed by atoms with Gasteiger partial charge >= 0.3 is 0 Å². The van der Waals surface area contributed by atoms with E-state index < -0.39 is 26.3 Å². The smallest absolute Gasteiger partial charge is 0.241 e. The van der Waals surface area contributed by atoms with Crippen molar-refractivity contribution < 1.29 is 17.9 Å². The van der Waals surface area contributed by atoms with Crippen LogP contribution >= 0.6 is 0 Å². The molecule has 0 spiro atoms. The molecule has 1 amide bonds. The Hall–Kier alpha value is -0.660. The van der Waals surface area contributed by atoms with E-state index in [2.05, 4.69) is 5.32 Å². The van der Waals surface area contributed by atoms with Crippen molar-refractivity contribution in [1.82, 2.24) is 5.32 Å². The Morgan fingerprint density at radius 2 is 2.00 bits per heavy atom. The number of amides is 1. The molecule has 7 heteroatoms. The number of carbonyl (C=O) groups is 1. The molecule has 1 aliphatic heterocycles. The molecule has 1 saturated carbocycles. The van der Waals surface area contributed by atoms with Crippen molar-refractivity contribution in [3.05, 3.63) is 0 Å². The van der Waals surface area contributed by atoms with Crippen LogP contribution in [0.4, 0.5) is 0 Å². The Morgan fingerprint density at radius 1 is 1.38 bits per heavy atom. The van der Waals surface area contributed by atoms with E-state index in [0.29, 0.717) is 19.4 Å². The first-order valence-corrected chi connectivity index (χ1v) is 9.21. The monoisotopic (exact) mass is 318 g/mol. The molecule has 2 rings (SSSR count). The summed E-state index contributed by atoms with van der Waals surface area (Å²) in [6.07, 6.45) is 0.855. The third kappa shape index (κ3) is 2.71. The lowest BCUT2D eigenvalue weighted by atomic mass is 9.54. The average molecular weight is 318 g/mol. The number of sulfone groups is 1. The number of nitrogens with two attached hydrogens (primary N) is 1. The predicted molar refractivity (Wildman–Crippen MR) is 80.5 cm³/mol. The molecule has 21 heavy (non-hydrogen) atoms. The first-order valence-electron chi connectivity index (χ1n) is 7.39. The second-order valence-corrected chi connectivity index (χ2v) is 9.38. The number of ether oxygens (including phenoxy) is 1. The molecule has 3 N–H and O–H groups in total. The maximum absolute atomic E-state index is 12.6. The quantitative estimate of drug-likeness (QED) is 0.772. The van der Waals surface area contributed by atoms with Gasteiger partial charge in [-0.2, -0.15) is 0 Å². The van der Waals surface area contributed by atoms with Crippen molar-refractivity contribution >= 4 is 15.7 Å². The molecule has 2 aliphatic rings. The van der Waals surface area contributed by atoms with E-state index in [4.69, 9.17) is 10.5 Å². The van der Waals surface area contributed by atoms with E-state index in [1.165, 1.54) is 0 Å². The predicted octanol–water partition coefficient (Wildman–Crippen LogP) is 0.212. The minimum atomic E-state index is -3.06. The van der Waals surface area contributed by atoms with Crippen LogP contribution in [0, 0.1) is 5.41 Å².